The van der Waals surface area contributed by atoms with Gasteiger partial charge in [0.25, 0.3) is 0 Å². The minimum absolute atomic E-state index is 0.834. The fourth-order valence-electron chi connectivity index (χ4n) is 2.77. The van der Waals surface area contributed by atoms with Gasteiger partial charge in [-0.1, -0.05) is 24.3 Å². The molecule has 1 fully saturated rings. The Balaban J connectivity index is 1.70. The number of nitrogens with zero attached hydrogens (tertiary/aromatic N) is 5. The quantitative estimate of drug-likeness (QED) is 0.838. The predicted octanol–water partition coefficient (Wildman–Crippen LogP) is 1.76. The molecule has 1 aromatic carbocycles. The predicted molar refractivity (Wildman–Crippen MR) is 75.6 cm³/mol. The number of rotatable bonds is 4. The van der Waals surface area contributed by atoms with Crippen molar-refractivity contribution in [1.29, 1.82) is 0 Å². The summed E-state index contributed by atoms with van der Waals surface area (Å²) in [5.74, 6) is 0. The zero-order valence-electron chi connectivity index (χ0n) is 11.5. The van der Waals surface area contributed by atoms with Crippen molar-refractivity contribution in [3.63, 3.8) is 0 Å². The number of benzene rings is 1. The molecule has 1 saturated heterocycles. The van der Waals surface area contributed by atoms with E-state index >= 15 is 0 Å². The van der Waals surface area contributed by atoms with Gasteiger partial charge in [0.1, 0.15) is 5.52 Å². The molecule has 1 aromatic heterocycles. The lowest BCUT2D eigenvalue weighted by atomic mass is 10.3. The van der Waals surface area contributed by atoms with Crippen LogP contribution in [0.1, 0.15) is 19.8 Å². The van der Waals surface area contributed by atoms with Gasteiger partial charge in [-0.05, 0) is 31.5 Å². The van der Waals surface area contributed by atoms with Crippen molar-refractivity contribution in [3.8, 4) is 0 Å². The van der Waals surface area contributed by atoms with Crippen LogP contribution >= 0.6 is 0 Å². The van der Waals surface area contributed by atoms with Crippen molar-refractivity contribution in [1.82, 2.24) is 24.8 Å². The average molecular weight is 259 g/mol. The maximum atomic E-state index is 4.27. The van der Waals surface area contributed by atoms with Crippen molar-refractivity contribution >= 4 is 11.0 Å². The Morgan fingerprint density at radius 2 is 2.00 bits per heavy atom. The highest BCUT2D eigenvalue weighted by molar-refractivity contribution is 5.73. The molecule has 3 rings (SSSR count). The average Bonchev–Trinajstić information content (AvgIpc) is 2.83. The standard InChI is InChI=1S/C14H21N5/c1-2-8-17-9-5-10-18(11-17)12-19-14-7-4-3-6-13(14)15-16-19/h3-4,6-7H,2,5,8-12H2,1H3. The molecule has 0 spiro atoms. The second kappa shape index (κ2) is 5.67. The van der Waals surface area contributed by atoms with E-state index in [2.05, 4.69) is 33.1 Å². The Hall–Kier alpha value is -1.46. The van der Waals surface area contributed by atoms with E-state index in [1.54, 1.807) is 0 Å². The second-order valence-corrected chi connectivity index (χ2v) is 5.23. The van der Waals surface area contributed by atoms with E-state index in [1.807, 2.05) is 22.9 Å². The summed E-state index contributed by atoms with van der Waals surface area (Å²) >= 11 is 0. The van der Waals surface area contributed by atoms with Crippen molar-refractivity contribution in [2.75, 3.05) is 26.3 Å². The van der Waals surface area contributed by atoms with Crippen LogP contribution < -0.4 is 0 Å². The molecule has 5 nitrogen and oxygen atoms in total. The molecule has 0 unspecified atom stereocenters. The Labute approximate surface area is 113 Å². The van der Waals surface area contributed by atoms with Crippen LogP contribution in [-0.2, 0) is 6.67 Å². The molecular formula is C14H21N5. The van der Waals surface area contributed by atoms with Gasteiger partial charge in [0.15, 0.2) is 0 Å². The Kier molecular flexibility index (Phi) is 3.75. The van der Waals surface area contributed by atoms with Gasteiger partial charge in [0, 0.05) is 13.1 Å². The normalized spacial score (nSPS) is 18.2. The summed E-state index contributed by atoms with van der Waals surface area (Å²) in [4.78, 5) is 4.96. The van der Waals surface area contributed by atoms with Crippen molar-refractivity contribution < 1.29 is 0 Å². The van der Waals surface area contributed by atoms with Crippen LogP contribution in [-0.4, -0.2) is 51.1 Å². The van der Waals surface area contributed by atoms with Gasteiger partial charge >= 0.3 is 0 Å². The molecule has 0 aliphatic carbocycles. The van der Waals surface area contributed by atoms with Crippen molar-refractivity contribution in [2.24, 2.45) is 0 Å². The van der Waals surface area contributed by atoms with E-state index in [-0.39, 0.29) is 0 Å². The summed E-state index contributed by atoms with van der Waals surface area (Å²) in [7, 11) is 0. The number of hydrogen-bond donors (Lipinski definition) is 0. The van der Waals surface area contributed by atoms with Crippen LogP contribution in [0.5, 0.6) is 0 Å². The molecule has 0 bridgehead atoms. The molecule has 2 aromatic rings. The molecule has 1 aliphatic heterocycles. The maximum absolute atomic E-state index is 4.27. The topological polar surface area (TPSA) is 37.2 Å². The van der Waals surface area contributed by atoms with Gasteiger partial charge in [0.05, 0.1) is 18.9 Å². The Morgan fingerprint density at radius 1 is 1.16 bits per heavy atom. The summed E-state index contributed by atoms with van der Waals surface area (Å²) in [6, 6.07) is 8.15. The summed E-state index contributed by atoms with van der Waals surface area (Å²) in [6.07, 6.45) is 2.47. The maximum Gasteiger partial charge on any atom is 0.113 e. The fraction of sp³-hybridized carbons (Fsp3) is 0.571. The zero-order chi connectivity index (χ0) is 13.1. The summed E-state index contributed by atoms with van der Waals surface area (Å²) in [6.45, 7) is 7.68. The van der Waals surface area contributed by atoms with Crippen LogP contribution in [0.15, 0.2) is 24.3 Å². The number of hydrogen-bond acceptors (Lipinski definition) is 4. The second-order valence-electron chi connectivity index (χ2n) is 5.23. The Morgan fingerprint density at radius 3 is 2.89 bits per heavy atom. The zero-order valence-corrected chi connectivity index (χ0v) is 11.5. The van der Waals surface area contributed by atoms with Crippen LogP contribution in [0.4, 0.5) is 0 Å². The number of aromatic nitrogens is 3. The first-order valence-electron chi connectivity index (χ1n) is 7.10. The molecule has 19 heavy (non-hydrogen) atoms. The lowest BCUT2D eigenvalue weighted by molar-refractivity contribution is 0.0595. The lowest BCUT2D eigenvalue weighted by Crippen LogP contribution is -2.45. The van der Waals surface area contributed by atoms with Crippen LogP contribution in [0.2, 0.25) is 0 Å². The molecule has 0 atom stereocenters. The fourth-order valence-corrected chi connectivity index (χ4v) is 2.77. The van der Waals surface area contributed by atoms with Crippen molar-refractivity contribution in [2.45, 2.75) is 26.4 Å². The van der Waals surface area contributed by atoms with E-state index in [0.717, 1.165) is 30.9 Å². The van der Waals surface area contributed by atoms with E-state index in [0.29, 0.717) is 0 Å². The monoisotopic (exact) mass is 259 g/mol. The molecule has 0 saturated carbocycles. The SMILES string of the molecule is CCCN1CCCN(Cn2nnc3ccccc32)C1. The van der Waals surface area contributed by atoms with Crippen LogP contribution in [0.3, 0.4) is 0 Å². The van der Waals surface area contributed by atoms with Gasteiger partial charge < -0.3 is 0 Å². The molecule has 0 amide bonds. The third-order valence-corrected chi connectivity index (χ3v) is 3.64. The third-order valence-electron chi connectivity index (χ3n) is 3.64. The summed E-state index contributed by atoms with van der Waals surface area (Å²) in [5, 5.41) is 8.48. The van der Waals surface area contributed by atoms with Gasteiger partial charge in [-0.3, -0.25) is 9.80 Å². The Bertz CT molecular complexity index is 533. The minimum Gasteiger partial charge on any atom is -0.290 e. The summed E-state index contributed by atoms with van der Waals surface area (Å²) < 4.78 is 2.00. The summed E-state index contributed by atoms with van der Waals surface area (Å²) in [5.41, 5.74) is 2.10. The van der Waals surface area contributed by atoms with Gasteiger partial charge in [-0.15, -0.1) is 5.10 Å². The van der Waals surface area contributed by atoms with E-state index < -0.39 is 0 Å². The first-order valence-corrected chi connectivity index (χ1v) is 7.10. The number of para-hydroxylation sites is 1. The third kappa shape index (κ3) is 2.77. The highest BCUT2D eigenvalue weighted by Gasteiger charge is 2.17. The van der Waals surface area contributed by atoms with E-state index in [4.69, 9.17) is 0 Å². The molecular weight excluding hydrogens is 238 g/mol. The first-order chi connectivity index (χ1) is 9.36. The molecule has 2 heterocycles. The molecule has 102 valence electrons. The van der Waals surface area contributed by atoms with Crippen LogP contribution in [0, 0.1) is 0 Å². The lowest BCUT2D eigenvalue weighted by Gasteiger charge is -2.35. The molecule has 5 heteroatoms. The molecule has 0 N–H and O–H groups in total. The highest BCUT2D eigenvalue weighted by atomic mass is 15.5. The number of fused-ring (bicyclic) bond motifs is 1. The highest BCUT2D eigenvalue weighted by Crippen LogP contribution is 2.12. The van der Waals surface area contributed by atoms with Gasteiger partial charge in [-0.2, -0.15) is 0 Å². The van der Waals surface area contributed by atoms with Gasteiger partial charge in [0.2, 0.25) is 0 Å². The minimum atomic E-state index is 0.834. The van der Waals surface area contributed by atoms with E-state index in [1.165, 1.54) is 25.9 Å². The molecule has 0 radical (unpaired) electrons. The smallest absolute Gasteiger partial charge is 0.113 e. The first kappa shape index (κ1) is 12.6. The van der Waals surface area contributed by atoms with Crippen molar-refractivity contribution in [3.05, 3.63) is 24.3 Å². The van der Waals surface area contributed by atoms with Crippen LogP contribution in [0.25, 0.3) is 11.0 Å². The van der Waals surface area contributed by atoms with E-state index in [9.17, 15) is 0 Å². The molecule has 1 aliphatic rings. The van der Waals surface area contributed by atoms with Gasteiger partial charge in [-0.25, -0.2) is 4.68 Å². The largest absolute Gasteiger partial charge is 0.290 e.